The van der Waals surface area contributed by atoms with Crippen molar-refractivity contribution >= 4 is 0 Å². The van der Waals surface area contributed by atoms with E-state index in [0.29, 0.717) is 10.8 Å². The average Bonchev–Trinajstić information content (AvgIpc) is 2.90. The molecule has 4 fully saturated rings. The normalized spacial score (nSPS) is 55.6. The van der Waals surface area contributed by atoms with E-state index in [1.165, 1.54) is 51.4 Å². The predicted molar refractivity (Wildman–Crippen MR) is 95.1 cm³/mol. The van der Waals surface area contributed by atoms with Gasteiger partial charge in [0.1, 0.15) is 0 Å². The third-order valence-electron chi connectivity index (χ3n) is 9.48. The van der Waals surface area contributed by atoms with E-state index in [4.69, 9.17) is 0 Å². The highest BCUT2D eigenvalue weighted by Crippen LogP contribution is 2.67. The van der Waals surface area contributed by atoms with Crippen molar-refractivity contribution < 1.29 is 0 Å². The van der Waals surface area contributed by atoms with E-state index in [2.05, 4.69) is 25.9 Å². The standard InChI is InChI=1S/C21H35NO/c1-4-14-6-8-18-17-7-5-15-13-16(22-23)9-11-21(15,3)19(17)10-12-20(14,18)2/h14-19H,4-13H2,1-3H3/t14-,15?,16?,17-,18-,19-,20+,21-/m0/s1. The first kappa shape index (κ1) is 16.1. The van der Waals surface area contributed by atoms with Crippen LogP contribution in [0, 0.1) is 45.3 Å². The molecule has 0 aromatic rings. The van der Waals surface area contributed by atoms with Gasteiger partial charge in [-0.25, -0.2) is 0 Å². The van der Waals surface area contributed by atoms with Crippen molar-refractivity contribution in [3.05, 3.63) is 4.91 Å². The summed E-state index contributed by atoms with van der Waals surface area (Å²) in [6.45, 7) is 7.64. The molecular weight excluding hydrogens is 282 g/mol. The molecule has 0 heterocycles. The zero-order valence-corrected chi connectivity index (χ0v) is 15.4. The van der Waals surface area contributed by atoms with Gasteiger partial charge >= 0.3 is 0 Å². The second kappa shape index (κ2) is 5.56. The molecule has 0 N–H and O–H groups in total. The van der Waals surface area contributed by atoms with Crippen molar-refractivity contribution in [3.8, 4) is 0 Å². The van der Waals surface area contributed by atoms with Crippen LogP contribution in [0.15, 0.2) is 5.18 Å². The van der Waals surface area contributed by atoms with Crippen LogP contribution < -0.4 is 0 Å². The molecule has 2 unspecified atom stereocenters. The molecule has 4 aliphatic carbocycles. The predicted octanol–water partition coefficient (Wildman–Crippen LogP) is 6.19. The molecule has 2 heteroatoms. The van der Waals surface area contributed by atoms with Crippen LogP contribution in [-0.4, -0.2) is 6.04 Å². The third-order valence-corrected chi connectivity index (χ3v) is 9.48. The fraction of sp³-hybridized carbons (Fsp3) is 1.00. The van der Waals surface area contributed by atoms with Gasteiger partial charge in [-0.1, -0.05) is 32.4 Å². The van der Waals surface area contributed by atoms with Gasteiger partial charge in [-0.2, -0.15) is 4.91 Å². The van der Waals surface area contributed by atoms with E-state index in [1.807, 2.05) is 0 Å². The van der Waals surface area contributed by atoms with Crippen molar-refractivity contribution in [2.24, 2.45) is 45.6 Å². The summed E-state index contributed by atoms with van der Waals surface area (Å²) in [6, 6.07) is 0.120. The van der Waals surface area contributed by atoms with Gasteiger partial charge in [0, 0.05) is 0 Å². The Bertz CT molecular complexity index is 476. The van der Waals surface area contributed by atoms with E-state index in [0.717, 1.165) is 42.4 Å². The fourth-order valence-electron chi connectivity index (χ4n) is 8.11. The van der Waals surface area contributed by atoms with E-state index in [1.54, 1.807) is 0 Å². The SMILES string of the molecule is CC[C@H]1CC[C@H]2[C@@H]3CCC4CC(N=O)CC[C@]4(C)[C@H]3CC[C@]12C. The first-order valence-electron chi connectivity index (χ1n) is 10.4. The molecule has 0 aliphatic heterocycles. The maximum Gasteiger partial charge on any atom is 0.0922 e. The lowest BCUT2D eigenvalue weighted by molar-refractivity contribution is -0.113. The van der Waals surface area contributed by atoms with Gasteiger partial charge in [-0.3, -0.25) is 0 Å². The van der Waals surface area contributed by atoms with Gasteiger partial charge in [0.05, 0.1) is 6.04 Å². The van der Waals surface area contributed by atoms with Gasteiger partial charge in [-0.15, -0.1) is 0 Å². The Labute approximate surface area is 142 Å². The minimum absolute atomic E-state index is 0.120. The quantitative estimate of drug-likeness (QED) is 0.558. The van der Waals surface area contributed by atoms with Crippen molar-refractivity contribution in [1.29, 1.82) is 0 Å². The highest BCUT2D eigenvalue weighted by atomic mass is 16.3. The van der Waals surface area contributed by atoms with Crippen molar-refractivity contribution in [2.75, 3.05) is 0 Å². The first-order chi connectivity index (χ1) is 11.0. The smallest absolute Gasteiger partial charge is 0.0922 e. The van der Waals surface area contributed by atoms with Crippen LogP contribution in [0.3, 0.4) is 0 Å². The van der Waals surface area contributed by atoms with Crippen LogP contribution in [0.4, 0.5) is 0 Å². The molecule has 23 heavy (non-hydrogen) atoms. The minimum Gasteiger partial charge on any atom is -0.151 e. The molecule has 0 radical (unpaired) electrons. The summed E-state index contributed by atoms with van der Waals surface area (Å²) in [5.74, 6) is 4.66. The van der Waals surface area contributed by atoms with Crippen LogP contribution in [0.2, 0.25) is 0 Å². The fourth-order valence-corrected chi connectivity index (χ4v) is 8.11. The van der Waals surface area contributed by atoms with Crippen molar-refractivity contribution in [2.45, 2.75) is 91.0 Å². The summed E-state index contributed by atoms with van der Waals surface area (Å²) in [5.41, 5.74) is 1.15. The number of hydrogen-bond donors (Lipinski definition) is 0. The maximum absolute atomic E-state index is 11.0. The summed E-state index contributed by atoms with van der Waals surface area (Å²) >= 11 is 0. The summed E-state index contributed by atoms with van der Waals surface area (Å²) < 4.78 is 0. The van der Waals surface area contributed by atoms with E-state index in [-0.39, 0.29) is 6.04 Å². The van der Waals surface area contributed by atoms with Crippen LogP contribution in [0.1, 0.15) is 85.0 Å². The van der Waals surface area contributed by atoms with E-state index >= 15 is 0 Å². The monoisotopic (exact) mass is 317 g/mol. The maximum atomic E-state index is 11.0. The Morgan fingerprint density at radius 3 is 2.39 bits per heavy atom. The molecule has 0 aromatic heterocycles. The Morgan fingerprint density at radius 1 is 0.913 bits per heavy atom. The van der Waals surface area contributed by atoms with E-state index < -0.39 is 0 Å². The number of hydrogen-bond acceptors (Lipinski definition) is 2. The molecule has 0 spiro atoms. The molecule has 0 saturated heterocycles. The van der Waals surface area contributed by atoms with Gasteiger partial charge in [0.2, 0.25) is 0 Å². The average molecular weight is 318 g/mol. The Hall–Kier alpha value is -0.400. The molecule has 4 rings (SSSR count). The topological polar surface area (TPSA) is 29.4 Å². The van der Waals surface area contributed by atoms with Gasteiger partial charge in [0.25, 0.3) is 0 Å². The highest BCUT2D eigenvalue weighted by molar-refractivity contribution is 5.09. The summed E-state index contributed by atoms with van der Waals surface area (Å²) in [7, 11) is 0. The lowest BCUT2D eigenvalue weighted by Gasteiger charge is -2.61. The Kier molecular flexibility index (Phi) is 3.89. The van der Waals surface area contributed by atoms with Crippen LogP contribution in [0.25, 0.3) is 0 Å². The molecule has 0 aromatic carbocycles. The second-order valence-corrected chi connectivity index (χ2v) is 9.92. The Morgan fingerprint density at radius 2 is 1.65 bits per heavy atom. The highest BCUT2D eigenvalue weighted by Gasteiger charge is 2.59. The molecule has 0 amide bonds. The molecule has 130 valence electrons. The minimum atomic E-state index is 0.120. The zero-order valence-electron chi connectivity index (χ0n) is 15.4. The second-order valence-electron chi connectivity index (χ2n) is 9.92. The van der Waals surface area contributed by atoms with Gasteiger partial charge in [0.15, 0.2) is 0 Å². The zero-order chi connectivity index (χ0) is 16.2. The first-order valence-corrected chi connectivity index (χ1v) is 10.4. The summed E-state index contributed by atoms with van der Waals surface area (Å²) in [5, 5.41) is 3.41. The van der Waals surface area contributed by atoms with E-state index in [9.17, 15) is 4.91 Å². The molecule has 2 nitrogen and oxygen atoms in total. The molecule has 4 aliphatic rings. The summed E-state index contributed by atoms with van der Waals surface area (Å²) in [4.78, 5) is 11.0. The number of nitrogens with zero attached hydrogens (tertiary/aromatic N) is 1. The molecule has 0 bridgehead atoms. The van der Waals surface area contributed by atoms with Crippen LogP contribution in [0.5, 0.6) is 0 Å². The van der Waals surface area contributed by atoms with Crippen molar-refractivity contribution in [3.63, 3.8) is 0 Å². The van der Waals surface area contributed by atoms with Gasteiger partial charge < -0.3 is 0 Å². The van der Waals surface area contributed by atoms with Crippen molar-refractivity contribution in [1.82, 2.24) is 0 Å². The number of nitroso groups, excluding NO2 is 1. The van der Waals surface area contributed by atoms with Crippen LogP contribution in [-0.2, 0) is 0 Å². The molecular formula is C21H35NO. The Balaban J connectivity index is 1.59. The largest absolute Gasteiger partial charge is 0.151 e. The molecule has 4 saturated carbocycles. The lowest BCUT2D eigenvalue weighted by Crippen LogP contribution is -2.53. The van der Waals surface area contributed by atoms with Crippen LogP contribution >= 0.6 is 0 Å². The summed E-state index contributed by atoms with van der Waals surface area (Å²) in [6.07, 6.45) is 13.5. The number of fused-ring (bicyclic) bond motifs is 5. The molecule has 8 atom stereocenters. The third kappa shape index (κ3) is 2.19. The van der Waals surface area contributed by atoms with Gasteiger partial charge in [-0.05, 0) is 98.2 Å². The number of rotatable bonds is 2. The lowest BCUT2D eigenvalue weighted by atomic mass is 9.44.